The van der Waals surface area contributed by atoms with Crippen LogP contribution in [0.15, 0.2) is 35.7 Å². The molecule has 2 nitrogen and oxygen atoms in total. The summed E-state index contributed by atoms with van der Waals surface area (Å²) < 4.78 is 5.47. The molecule has 1 aromatic carbocycles. The van der Waals surface area contributed by atoms with Gasteiger partial charge >= 0.3 is 0 Å². The van der Waals surface area contributed by atoms with Crippen molar-refractivity contribution >= 4 is 17.0 Å². The van der Waals surface area contributed by atoms with Gasteiger partial charge < -0.3 is 10.1 Å². The molecular formula is C16H21NOS. The third kappa shape index (κ3) is 3.29. The molecule has 0 amide bonds. The number of rotatable bonds is 5. The van der Waals surface area contributed by atoms with E-state index in [1.54, 1.807) is 18.4 Å². The molecule has 0 fully saturated rings. The highest BCUT2D eigenvalue weighted by molar-refractivity contribution is 7.10. The van der Waals surface area contributed by atoms with Gasteiger partial charge in [0.2, 0.25) is 0 Å². The lowest BCUT2D eigenvalue weighted by molar-refractivity contribution is 0.414. The predicted octanol–water partition coefficient (Wildman–Crippen LogP) is 4.87. The molecule has 1 aromatic heterocycles. The van der Waals surface area contributed by atoms with Crippen LogP contribution in [0.25, 0.3) is 0 Å². The molecule has 0 bridgehead atoms. The number of hydrogen-bond acceptors (Lipinski definition) is 3. The van der Waals surface area contributed by atoms with Gasteiger partial charge in [0, 0.05) is 4.88 Å². The van der Waals surface area contributed by atoms with Gasteiger partial charge in [-0.3, -0.25) is 0 Å². The maximum absolute atomic E-state index is 5.47. The summed E-state index contributed by atoms with van der Waals surface area (Å²) in [4.78, 5) is 1.36. The van der Waals surface area contributed by atoms with E-state index in [0.29, 0.717) is 12.0 Å². The van der Waals surface area contributed by atoms with Crippen molar-refractivity contribution in [2.45, 2.75) is 26.8 Å². The number of anilines is 1. The lowest BCUT2D eigenvalue weighted by atomic mass is 10.0. The zero-order valence-corrected chi connectivity index (χ0v) is 12.8. The number of aryl methyl sites for hydroxylation is 1. The van der Waals surface area contributed by atoms with Crippen molar-refractivity contribution in [3.05, 3.63) is 46.2 Å². The number of thiophene rings is 1. The van der Waals surface area contributed by atoms with Crippen LogP contribution in [-0.2, 0) is 0 Å². The van der Waals surface area contributed by atoms with Crippen LogP contribution >= 0.6 is 11.3 Å². The van der Waals surface area contributed by atoms with Gasteiger partial charge in [0.15, 0.2) is 0 Å². The maximum atomic E-state index is 5.47. The summed E-state index contributed by atoms with van der Waals surface area (Å²) in [5.74, 6) is 1.42. The predicted molar refractivity (Wildman–Crippen MR) is 83.3 cm³/mol. The summed E-state index contributed by atoms with van der Waals surface area (Å²) in [5.41, 5.74) is 2.26. The quantitative estimate of drug-likeness (QED) is 0.840. The molecule has 0 aliphatic heterocycles. The van der Waals surface area contributed by atoms with Gasteiger partial charge in [0.05, 0.1) is 18.8 Å². The second-order valence-electron chi connectivity index (χ2n) is 5.09. The van der Waals surface area contributed by atoms with Crippen LogP contribution in [0.1, 0.15) is 30.3 Å². The van der Waals surface area contributed by atoms with E-state index >= 15 is 0 Å². The van der Waals surface area contributed by atoms with Gasteiger partial charge in [-0.1, -0.05) is 26.0 Å². The number of nitrogens with one attached hydrogen (secondary N) is 1. The highest BCUT2D eigenvalue weighted by atomic mass is 32.1. The van der Waals surface area contributed by atoms with Gasteiger partial charge in [-0.25, -0.2) is 0 Å². The van der Waals surface area contributed by atoms with Gasteiger partial charge in [0.25, 0.3) is 0 Å². The van der Waals surface area contributed by atoms with Crippen molar-refractivity contribution in [3.8, 4) is 5.75 Å². The van der Waals surface area contributed by atoms with Gasteiger partial charge in [-0.2, -0.15) is 0 Å². The Morgan fingerprint density at radius 1 is 1.21 bits per heavy atom. The van der Waals surface area contributed by atoms with Gasteiger partial charge in [-0.15, -0.1) is 11.3 Å². The first-order valence-corrected chi connectivity index (χ1v) is 7.44. The smallest absolute Gasteiger partial charge is 0.142 e. The molecule has 0 saturated heterocycles. The lowest BCUT2D eigenvalue weighted by Gasteiger charge is -2.24. The molecule has 0 spiro atoms. The standard InChI is InChI=1S/C16H21NOS/c1-11(2)16(15-6-5-9-19-15)17-13-8-7-12(3)10-14(13)18-4/h5-11,16-17H,1-4H3. The fourth-order valence-electron chi connectivity index (χ4n) is 2.12. The number of hydrogen-bond donors (Lipinski definition) is 1. The van der Waals surface area contributed by atoms with Crippen molar-refractivity contribution in [3.63, 3.8) is 0 Å². The van der Waals surface area contributed by atoms with E-state index in [-0.39, 0.29) is 0 Å². The minimum atomic E-state index is 0.316. The molecule has 0 radical (unpaired) electrons. The van der Waals surface area contributed by atoms with Gasteiger partial charge in [-0.05, 0) is 42.0 Å². The monoisotopic (exact) mass is 275 g/mol. The Hall–Kier alpha value is -1.48. The average molecular weight is 275 g/mol. The fraction of sp³-hybridized carbons (Fsp3) is 0.375. The van der Waals surface area contributed by atoms with Crippen LogP contribution in [0.2, 0.25) is 0 Å². The summed E-state index contributed by atoms with van der Waals surface area (Å²) in [6.07, 6.45) is 0. The van der Waals surface area contributed by atoms with E-state index in [1.165, 1.54) is 10.4 Å². The molecule has 0 aliphatic carbocycles. The Kier molecular flexibility index (Phi) is 4.48. The van der Waals surface area contributed by atoms with E-state index in [0.717, 1.165) is 11.4 Å². The largest absolute Gasteiger partial charge is 0.495 e. The van der Waals surface area contributed by atoms with Gasteiger partial charge in [0.1, 0.15) is 5.75 Å². The minimum Gasteiger partial charge on any atom is -0.495 e. The molecule has 1 heterocycles. The second kappa shape index (κ2) is 6.11. The van der Waals surface area contributed by atoms with E-state index in [1.807, 2.05) is 0 Å². The van der Waals surface area contributed by atoms with Crippen LogP contribution in [0, 0.1) is 12.8 Å². The minimum absolute atomic E-state index is 0.316. The first kappa shape index (κ1) is 13.9. The van der Waals surface area contributed by atoms with Crippen molar-refractivity contribution in [2.24, 2.45) is 5.92 Å². The van der Waals surface area contributed by atoms with Crippen LogP contribution in [0.3, 0.4) is 0 Å². The Morgan fingerprint density at radius 2 is 2.00 bits per heavy atom. The molecule has 2 aromatic rings. The van der Waals surface area contributed by atoms with Crippen LogP contribution in [-0.4, -0.2) is 7.11 Å². The van der Waals surface area contributed by atoms with Crippen molar-refractivity contribution in [2.75, 3.05) is 12.4 Å². The Bertz CT molecular complexity index is 520. The van der Waals surface area contributed by atoms with Crippen molar-refractivity contribution in [1.82, 2.24) is 0 Å². The van der Waals surface area contributed by atoms with Crippen molar-refractivity contribution < 1.29 is 4.74 Å². The molecule has 3 heteroatoms. The highest BCUT2D eigenvalue weighted by Crippen LogP contribution is 2.34. The average Bonchev–Trinajstić information content (AvgIpc) is 2.90. The molecule has 2 rings (SSSR count). The zero-order valence-electron chi connectivity index (χ0n) is 11.9. The van der Waals surface area contributed by atoms with E-state index in [9.17, 15) is 0 Å². The van der Waals surface area contributed by atoms with Crippen LogP contribution < -0.4 is 10.1 Å². The lowest BCUT2D eigenvalue weighted by Crippen LogP contribution is -2.16. The molecule has 1 N–H and O–H groups in total. The molecule has 0 aliphatic rings. The third-order valence-corrected chi connectivity index (χ3v) is 4.14. The number of ether oxygens (including phenoxy) is 1. The normalized spacial score (nSPS) is 12.5. The fourth-order valence-corrected chi connectivity index (χ4v) is 3.07. The number of benzene rings is 1. The Morgan fingerprint density at radius 3 is 2.58 bits per heavy atom. The number of methoxy groups -OCH3 is 1. The first-order valence-electron chi connectivity index (χ1n) is 6.56. The SMILES string of the molecule is COc1cc(C)ccc1NC(c1cccs1)C(C)C. The maximum Gasteiger partial charge on any atom is 0.142 e. The second-order valence-corrected chi connectivity index (χ2v) is 6.06. The van der Waals surface area contributed by atoms with E-state index in [2.05, 4.69) is 61.8 Å². The topological polar surface area (TPSA) is 21.3 Å². The van der Waals surface area contributed by atoms with Crippen LogP contribution in [0.4, 0.5) is 5.69 Å². The molecule has 102 valence electrons. The van der Waals surface area contributed by atoms with Crippen LogP contribution in [0.5, 0.6) is 5.75 Å². The molecule has 1 atom stereocenters. The molecule has 1 unspecified atom stereocenters. The Labute approximate surface area is 119 Å². The van der Waals surface area contributed by atoms with E-state index in [4.69, 9.17) is 4.74 Å². The molecule has 19 heavy (non-hydrogen) atoms. The highest BCUT2D eigenvalue weighted by Gasteiger charge is 2.18. The summed E-state index contributed by atoms with van der Waals surface area (Å²) in [7, 11) is 1.72. The van der Waals surface area contributed by atoms with Crippen molar-refractivity contribution in [1.29, 1.82) is 0 Å². The zero-order chi connectivity index (χ0) is 13.8. The Balaban J connectivity index is 2.27. The summed E-state index contributed by atoms with van der Waals surface area (Å²) >= 11 is 1.79. The summed E-state index contributed by atoms with van der Waals surface area (Å²) in [6.45, 7) is 6.54. The molecular weight excluding hydrogens is 254 g/mol. The third-order valence-electron chi connectivity index (χ3n) is 3.18. The first-order chi connectivity index (χ1) is 9.11. The van der Waals surface area contributed by atoms with E-state index < -0.39 is 0 Å². The molecule has 0 saturated carbocycles. The summed E-state index contributed by atoms with van der Waals surface area (Å²) in [6, 6.07) is 10.9. The summed E-state index contributed by atoms with van der Waals surface area (Å²) in [5, 5.41) is 5.74.